The highest BCUT2D eigenvalue weighted by Gasteiger charge is 2.27. The van der Waals surface area contributed by atoms with E-state index < -0.39 is 10.0 Å². The molecule has 1 aromatic rings. The summed E-state index contributed by atoms with van der Waals surface area (Å²) in [5.74, 6) is 0.919. The fourth-order valence-electron chi connectivity index (χ4n) is 2.94. The number of nitriles is 1. The number of hydrogen-bond donors (Lipinski definition) is 2. The molecule has 142 valence electrons. The molecule has 26 heavy (non-hydrogen) atoms. The van der Waals surface area contributed by atoms with Crippen molar-refractivity contribution >= 4 is 16.0 Å². The van der Waals surface area contributed by atoms with Gasteiger partial charge in [-0.1, -0.05) is 19.1 Å². The molecule has 2 N–H and O–H groups in total. The molecule has 1 aliphatic rings. The first-order valence-corrected chi connectivity index (χ1v) is 10.5. The summed E-state index contributed by atoms with van der Waals surface area (Å²) in [6, 6.07) is 9.71. The number of rotatable bonds is 6. The number of nitrogens with zero attached hydrogens (tertiary/aromatic N) is 3. The summed E-state index contributed by atoms with van der Waals surface area (Å²) in [5, 5.41) is 15.5. The van der Waals surface area contributed by atoms with Crippen LogP contribution in [0.5, 0.6) is 0 Å². The van der Waals surface area contributed by atoms with Crippen LogP contribution < -0.4 is 10.6 Å². The number of hydrogen-bond acceptors (Lipinski definition) is 4. The Bertz CT molecular complexity index is 745. The van der Waals surface area contributed by atoms with Crippen LogP contribution in [0.4, 0.5) is 0 Å². The van der Waals surface area contributed by atoms with E-state index in [0.717, 1.165) is 18.4 Å². The van der Waals surface area contributed by atoms with Crippen molar-refractivity contribution in [3.05, 3.63) is 35.4 Å². The van der Waals surface area contributed by atoms with Crippen molar-refractivity contribution in [3.8, 4) is 6.07 Å². The summed E-state index contributed by atoms with van der Waals surface area (Å²) in [6.45, 7) is 3.59. The molecule has 1 saturated heterocycles. The fraction of sp³-hybridized carbons (Fsp3) is 0.556. The van der Waals surface area contributed by atoms with Gasteiger partial charge >= 0.3 is 0 Å². The highest BCUT2D eigenvalue weighted by atomic mass is 32.2. The van der Waals surface area contributed by atoms with Crippen LogP contribution in [0.3, 0.4) is 0 Å². The number of guanidine groups is 1. The van der Waals surface area contributed by atoms with E-state index in [0.29, 0.717) is 37.6 Å². The van der Waals surface area contributed by atoms with Crippen molar-refractivity contribution in [2.45, 2.75) is 38.8 Å². The molecule has 2 rings (SSSR count). The molecular formula is C18H27N5O2S. The molecule has 0 radical (unpaired) electrons. The Morgan fingerprint density at radius 3 is 2.50 bits per heavy atom. The third-order valence-electron chi connectivity index (χ3n) is 4.42. The highest BCUT2D eigenvalue weighted by molar-refractivity contribution is 7.89. The van der Waals surface area contributed by atoms with E-state index in [1.807, 2.05) is 19.1 Å². The van der Waals surface area contributed by atoms with Crippen molar-refractivity contribution in [1.82, 2.24) is 14.9 Å². The van der Waals surface area contributed by atoms with Gasteiger partial charge in [0.2, 0.25) is 10.0 Å². The summed E-state index contributed by atoms with van der Waals surface area (Å²) >= 11 is 0. The summed E-state index contributed by atoms with van der Waals surface area (Å²) < 4.78 is 25.8. The molecule has 0 bridgehead atoms. The fourth-order valence-corrected chi connectivity index (χ4v) is 4.48. The lowest BCUT2D eigenvalue weighted by molar-refractivity contribution is 0.306. The van der Waals surface area contributed by atoms with Gasteiger partial charge in [0.05, 0.1) is 17.4 Å². The molecule has 1 aliphatic heterocycles. The summed E-state index contributed by atoms with van der Waals surface area (Å²) in [6.07, 6.45) is 2.17. The van der Waals surface area contributed by atoms with E-state index in [4.69, 9.17) is 5.26 Å². The average Bonchev–Trinajstić information content (AvgIpc) is 2.66. The maximum atomic E-state index is 12.1. The monoisotopic (exact) mass is 377 g/mol. The van der Waals surface area contributed by atoms with E-state index in [1.54, 1.807) is 23.5 Å². The molecule has 7 nitrogen and oxygen atoms in total. The third-order valence-corrected chi connectivity index (χ3v) is 6.49. The SMILES string of the molecule is CCCS(=O)(=O)N1CCC(NC(=NC)NCc2ccc(C#N)cc2)CC1. The van der Waals surface area contributed by atoms with Crippen LogP contribution >= 0.6 is 0 Å². The van der Waals surface area contributed by atoms with Crippen LogP contribution in [0.25, 0.3) is 0 Å². The molecule has 0 spiro atoms. The molecule has 0 amide bonds. The molecule has 1 fully saturated rings. The molecule has 0 aliphatic carbocycles. The van der Waals surface area contributed by atoms with Crippen LogP contribution in [0, 0.1) is 11.3 Å². The predicted octanol–water partition coefficient (Wildman–Crippen LogP) is 1.43. The minimum absolute atomic E-state index is 0.204. The Morgan fingerprint density at radius 2 is 1.96 bits per heavy atom. The molecular weight excluding hydrogens is 350 g/mol. The van der Waals surface area contributed by atoms with Gasteiger partial charge in [-0.05, 0) is 37.0 Å². The van der Waals surface area contributed by atoms with Gasteiger partial charge in [-0.3, -0.25) is 4.99 Å². The maximum absolute atomic E-state index is 12.1. The van der Waals surface area contributed by atoms with Crippen LogP contribution in [0.2, 0.25) is 0 Å². The minimum Gasteiger partial charge on any atom is -0.354 e. The van der Waals surface area contributed by atoms with Gasteiger partial charge in [0.15, 0.2) is 5.96 Å². The van der Waals surface area contributed by atoms with Crippen LogP contribution in [-0.2, 0) is 16.6 Å². The highest BCUT2D eigenvalue weighted by Crippen LogP contribution is 2.15. The molecule has 0 saturated carbocycles. The Labute approximate surface area is 156 Å². The second-order valence-electron chi connectivity index (χ2n) is 6.37. The Kier molecular flexibility index (Phi) is 7.42. The Morgan fingerprint density at radius 1 is 1.31 bits per heavy atom. The Balaban J connectivity index is 1.81. The second-order valence-corrected chi connectivity index (χ2v) is 8.46. The van der Waals surface area contributed by atoms with Gasteiger partial charge in [0, 0.05) is 32.7 Å². The van der Waals surface area contributed by atoms with Crippen LogP contribution in [0.15, 0.2) is 29.3 Å². The molecule has 0 atom stereocenters. The lowest BCUT2D eigenvalue weighted by atomic mass is 10.1. The molecule has 1 aromatic carbocycles. The average molecular weight is 378 g/mol. The summed E-state index contributed by atoms with van der Waals surface area (Å²) in [4.78, 5) is 4.24. The van der Waals surface area contributed by atoms with Gasteiger partial charge in [0.1, 0.15) is 0 Å². The van der Waals surface area contributed by atoms with Gasteiger partial charge in [-0.2, -0.15) is 5.26 Å². The van der Waals surface area contributed by atoms with Gasteiger partial charge in [-0.15, -0.1) is 0 Å². The number of nitrogens with one attached hydrogen (secondary N) is 2. The first kappa shape index (κ1) is 20.2. The van der Waals surface area contributed by atoms with Crippen molar-refractivity contribution < 1.29 is 8.42 Å². The second kappa shape index (κ2) is 9.55. The molecule has 0 aromatic heterocycles. The van der Waals surface area contributed by atoms with E-state index >= 15 is 0 Å². The molecule has 1 heterocycles. The zero-order valence-electron chi connectivity index (χ0n) is 15.4. The standard InChI is InChI=1S/C18H27N5O2S/c1-3-12-26(24,25)23-10-8-17(9-11-23)22-18(20-2)21-14-16-6-4-15(13-19)5-7-16/h4-7,17H,3,8-12,14H2,1-2H3,(H2,20,21,22). The zero-order chi connectivity index (χ0) is 19.0. The van der Waals surface area contributed by atoms with Crippen molar-refractivity contribution in [1.29, 1.82) is 5.26 Å². The first-order valence-electron chi connectivity index (χ1n) is 8.92. The van der Waals surface area contributed by atoms with E-state index in [9.17, 15) is 8.42 Å². The van der Waals surface area contributed by atoms with Crippen molar-refractivity contribution in [2.24, 2.45) is 4.99 Å². The minimum atomic E-state index is -3.11. The lowest BCUT2D eigenvalue weighted by Crippen LogP contribution is -2.49. The predicted molar refractivity (Wildman–Crippen MR) is 103 cm³/mol. The largest absolute Gasteiger partial charge is 0.354 e. The topological polar surface area (TPSA) is 97.6 Å². The number of piperidine rings is 1. The third kappa shape index (κ3) is 5.71. The molecule has 0 unspecified atom stereocenters. The number of benzene rings is 1. The number of aliphatic imine (C=N–C) groups is 1. The first-order chi connectivity index (χ1) is 12.5. The van der Waals surface area contributed by atoms with Crippen molar-refractivity contribution in [2.75, 3.05) is 25.9 Å². The zero-order valence-corrected chi connectivity index (χ0v) is 16.2. The Hall–Kier alpha value is -2.11. The quantitative estimate of drug-likeness (QED) is 0.577. The smallest absolute Gasteiger partial charge is 0.214 e. The summed E-state index contributed by atoms with van der Waals surface area (Å²) in [5.41, 5.74) is 1.70. The normalized spacial score (nSPS) is 16.9. The van der Waals surface area contributed by atoms with Gasteiger partial charge in [-0.25, -0.2) is 12.7 Å². The maximum Gasteiger partial charge on any atom is 0.214 e. The van der Waals surface area contributed by atoms with Crippen molar-refractivity contribution in [3.63, 3.8) is 0 Å². The summed E-state index contributed by atoms with van der Waals surface area (Å²) in [7, 11) is -1.39. The lowest BCUT2D eigenvalue weighted by Gasteiger charge is -2.32. The van der Waals surface area contributed by atoms with E-state index in [-0.39, 0.29) is 11.8 Å². The van der Waals surface area contributed by atoms with Gasteiger partial charge < -0.3 is 10.6 Å². The van der Waals surface area contributed by atoms with Crippen LogP contribution in [-0.4, -0.2) is 50.6 Å². The van der Waals surface area contributed by atoms with E-state index in [1.165, 1.54) is 0 Å². The number of sulfonamides is 1. The van der Waals surface area contributed by atoms with E-state index in [2.05, 4.69) is 21.7 Å². The van der Waals surface area contributed by atoms with Crippen LogP contribution in [0.1, 0.15) is 37.3 Å². The van der Waals surface area contributed by atoms with Gasteiger partial charge in [0.25, 0.3) is 0 Å². The molecule has 8 heteroatoms.